The molecule has 2 aliphatic heterocycles. The van der Waals surface area contributed by atoms with Crippen molar-refractivity contribution in [3.05, 3.63) is 65.7 Å². The number of carbonyl (C=O) groups excluding carboxylic acids is 2. The molecule has 122 valence electrons. The molecule has 0 aromatic heterocycles. The van der Waals surface area contributed by atoms with Gasteiger partial charge in [0.25, 0.3) is 0 Å². The van der Waals surface area contributed by atoms with E-state index in [9.17, 15) is 9.59 Å². The Labute approximate surface area is 140 Å². The maximum Gasteiger partial charge on any atom is 0.237 e. The normalized spacial score (nSPS) is 24.7. The van der Waals surface area contributed by atoms with Crippen molar-refractivity contribution in [2.75, 3.05) is 11.9 Å². The number of fused-ring (bicyclic) bond motifs is 2. The molecule has 2 atom stereocenters. The second-order valence-corrected chi connectivity index (χ2v) is 6.42. The van der Waals surface area contributed by atoms with Gasteiger partial charge in [0.2, 0.25) is 11.8 Å². The Morgan fingerprint density at radius 3 is 2.71 bits per heavy atom. The zero-order chi connectivity index (χ0) is 16.6. The lowest BCUT2D eigenvalue weighted by Crippen LogP contribution is -2.40. The van der Waals surface area contributed by atoms with Gasteiger partial charge < -0.3 is 16.0 Å². The Bertz CT molecular complexity index is 790. The lowest BCUT2D eigenvalue weighted by Gasteiger charge is -2.20. The van der Waals surface area contributed by atoms with Crippen LogP contribution in [0.2, 0.25) is 0 Å². The zero-order valence-corrected chi connectivity index (χ0v) is 13.2. The summed E-state index contributed by atoms with van der Waals surface area (Å²) >= 11 is 0. The van der Waals surface area contributed by atoms with E-state index < -0.39 is 5.41 Å². The summed E-state index contributed by atoms with van der Waals surface area (Å²) in [5, 5.41) is 9.11. The van der Waals surface area contributed by atoms with Crippen molar-refractivity contribution in [2.45, 2.75) is 24.4 Å². The highest BCUT2D eigenvalue weighted by molar-refractivity contribution is 6.07. The molecule has 5 nitrogen and oxygen atoms in total. The van der Waals surface area contributed by atoms with Gasteiger partial charge in [0.15, 0.2) is 0 Å². The van der Waals surface area contributed by atoms with Gasteiger partial charge >= 0.3 is 0 Å². The number of carbonyl (C=O) groups is 2. The van der Waals surface area contributed by atoms with Gasteiger partial charge in [-0.15, -0.1) is 0 Å². The van der Waals surface area contributed by atoms with E-state index in [2.05, 4.69) is 16.0 Å². The summed E-state index contributed by atoms with van der Waals surface area (Å²) in [5.74, 6) is -0.0810. The standard InChI is InChI=1S/C19H19N3O2/c23-17(20-11-13-6-2-1-3-7-13)16-10-19(12-21-16)14-8-4-5-9-15(14)22-18(19)24/h1-9,16,21H,10-12H2,(H,20,23)(H,22,24)/t16-,19-/m1/s1. The molecule has 1 saturated heterocycles. The molecule has 2 aliphatic rings. The van der Waals surface area contributed by atoms with Crippen LogP contribution in [0, 0.1) is 0 Å². The largest absolute Gasteiger partial charge is 0.351 e. The lowest BCUT2D eigenvalue weighted by molar-refractivity contribution is -0.123. The SMILES string of the molecule is O=C(NCc1ccccc1)[C@H]1C[C@]2(CN1)C(=O)Nc1ccccc12. The van der Waals surface area contributed by atoms with Crippen LogP contribution < -0.4 is 16.0 Å². The van der Waals surface area contributed by atoms with Crippen LogP contribution in [0.25, 0.3) is 0 Å². The monoisotopic (exact) mass is 321 g/mol. The van der Waals surface area contributed by atoms with Gasteiger partial charge in [-0.2, -0.15) is 0 Å². The predicted molar refractivity (Wildman–Crippen MR) is 91.4 cm³/mol. The highest BCUT2D eigenvalue weighted by Crippen LogP contribution is 2.43. The predicted octanol–water partition coefficient (Wildman–Crippen LogP) is 1.55. The number of rotatable bonds is 3. The van der Waals surface area contributed by atoms with Crippen molar-refractivity contribution in [3.63, 3.8) is 0 Å². The van der Waals surface area contributed by atoms with Crippen LogP contribution >= 0.6 is 0 Å². The molecule has 2 aromatic rings. The molecule has 3 N–H and O–H groups in total. The fraction of sp³-hybridized carbons (Fsp3) is 0.263. The molecule has 2 heterocycles. The maximum absolute atomic E-state index is 12.5. The molecule has 0 aliphatic carbocycles. The summed E-state index contributed by atoms with van der Waals surface area (Å²) in [6.07, 6.45) is 0.483. The molecular formula is C19H19N3O2. The van der Waals surface area contributed by atoms with Crippen LogP contribution in [0.3, 0.4) is 0 Å². The third-order valence-electron chi connectivity index (χ3n) is 4.95. The quantitative estimate of drug-likeness (QED) is 0.803. The highest BCUT2D eigenvalue weighted by atomic mass is 16.2. The van der Waals surface area contributed by atoms with Gasteiger partial charge in [0.05, 0.1) is 11.5 Å². The summed E-state index contributed by atoms with van der Waals surface area (Å²) in [6.45, 7) is 0.979. The van der Waals surface area contributed by atoms with Crippen molar-refractivity contribution in [1.29, 1.82) is 0 Å². The third kappa shape index (κ3) is 2.37. The molecule has 24 heavy (non-hydrogen) atoms. The summed E-state index contributed by atoms with van der Waals surface area (Å²) < 4.78 is 0. The minimum absolute atomic E-state index is 0.0189. The number of hydrogen-bond acceptors (Lipinski definition) is 3. The fourth-order valence-corrected chi connectivity index (χ4v) is 3.64. The molecule has 1 fully saturated rings. The first kappa shape index (κ1) is 14.9. The summed E-state index contributed by atoms with van der Waals surface area (Å²) in [7, 11) is 0. The van der Waals surface area contributed by atoms with Gasteiger partial charge in [0, 0.05) is 18.8 Å². The smallest absolute Gasteiger partial charge is 0.237 e. The van der Waals surface area contributed by atoms with Gasteiger partial charge in [0.1, 0.15) is 0 Å². The van der Waals surface area contributed by atoms with E-state index in [0.29, 0.717) is 19.5 Å². The molecule has 0 saturated carbocycles. The summed E-state index contributed by atoms with van der Waals surface area (Å²) in [5.41, 5.74) is 2.27. The summed E-state index contributed by atoms with van der Waals surface area (Å²) in [6, 6.07) is 17.2. The molecule has 0 unspecified atom stereocenters. The van der Waals surface area contributed by atoms with Crippen LogP contribution in [0.5, 0.6) is 0 Å². The number of para-hydroxylation sites is 1. The number of benzene rings is 2. The Kier molecular flexibility index (Phi) is 3.58. The first-order valence-electron chi connectivity index (χ1n) is 8.15. The van der Waals surface area contributed by atoms with Crippen molar-refractivity contribution in [3.8, 4) is 0 Å². The molecule has 5 heteroatoms. The second-order valence-electron chi connectivity index (χ2n) is 6.42. The number of hydrogen-bond donors (Lipinski definition) is 3. The Morgan fingerprint density at radius 1 is 1.12 bits per heavy atom. The Morgan fingerprint density at radius 2 is 1.88 bits per heavy atom. The van der Waals surface area contributed by atoms with Crippen LogP contribution in [0.1, 0.15) is 17.5 Å². The molecule has 4 rings (SSSR count). The van der Waals surface area contributed by atoms with Crippen molar-refractivity contribution < 1.29 is 9.59 Å². The van der Waals surface area contributed by atoms with Crippen LogP contribution in [-0.4, -0.2) is 24.4 Å². The topological polar surface area (TPSA) is 70.2 Å². The average Bonchev–Trinajstić information content (AvgIpc) is 3.18. The van der Waals surface area contributed by atoms with E-state index >= 15 is 0 Å². The first-order chi connectivity index (χ1) is 11.7. The van der Waals surface area contributed by atoms with E-state index in [0.717, 1.165) is 16.8 Å². The van der Waals surface area contributed by atoms with Gasteiger partial charge in [-0.1, -0.05) is 48.5 Å². The van der Waals surface area contributed by atoms with E-state index in [1.165, 1.54) is 0 Å². The first-order valence-corrected chi connectivity index (χ1v) is 8.15. The fourth-order valence-electron chi connectivity index (χ4n) is 3.64. The van der Waals surface area contributed by atoms with Crippen LogP contribution in [-0.2, 0) is 21.5 Å². The van der Waals surface area contributed by atoms with E-state index in [-0.39, 0.29) is 17.9 Å². The van der Waals surface area contributed by atoms with Crippen molar-refractivity contribution in [1.82, 2.24) is 10.6 Å². The number of amides is 2. The third-order valence-corrected chi connectivity index (χ3v) is 4.95. The Hall–Kier alpha value is -2.66. The van der Waals surface area contributed by atoms with E-state index in [1.54, 1.807) is 0 Å². The molecular weight excluding hydrogens is 302 g/mol. The van der Waals surface area contributed by atoms with E-state index in [4.69, 9.17) is 0 Å². The van der Waals surface area contributed by atoms with Crippen molar-refractivity contribution in [2.24, 2.45) is 0 Å². The van der Waals surface area contributed by atoms with Gasteiger partial charge in [-0.3, -0.25) is 9.59 Å². The van der Waals surface area contributed by atoms with Crippen LogP contribution in [0.15, 0.2) is 54.6 Å². The highest BCUT2D eigenvalue weighted by Gasteiger charge is 2.52. The minimum Gasteiger partial charge on any atom is -0.351 e. The van der Waals surface area contributed by atoms with Crippen LogP contribution in [0.4, 0.5) is 5.69 Å². The maximum atomic E-state index is 12.5. The minimum atomic E-state index is -0.634. The lowest BCUT2D eigenvalue weighted by atomic mass is 9.79. The molecule has 2 aromatic carbocycles. The number of anilines is 1. The molecule has 1 spiro atoms. The van der Waals surface area contributed by atoms with Gasteiger partial charge in [-0.05, 0) is 23.6 Å². The average molecular weight is 321 g/mol. The van der Waals surface area contributed by atoms with Gasteiger partial charge in [-0.25, -0.2) is 0 Å². The molecule has 0 radical (unpaired) electrons. The molecule has 0 bridgehead atoms. The Balaban J connectivity index is 1.47. The zero-order valence-electron chi connectivity index (χ0n) is 13.2. The molecule has 2 amide bonds. The summed E-state index contributed by atoms with van der Waals surface area (Å²) in [4.78, 5) is 25.0. The van der Waals surface area contributed by atoms with Crippen molar-refractivity contribution >= 4 is 17.5 Å². The second kappa shape index (κ2) is 5.76. The van der Waals surface area contributed by atoms with E-state index in [1.807, 2.05) is 54.6 Å². The number of nitrogens with one attached hydrogen (secondary N) is 3.